The highest BCUT2D eigenvalue weighted by Crippen LogP contribution is 2.20. The number of halogens is 1. The molecule has 18 heavy (non-hydrogen) atoms. The van der Waals surface area contributed by atoms with E-state index >= 15 is 0 Å². The first kappa shape index (κ1) is 12.9. The van der Waals surface area contributed by atoms with Crippen LogP contribution < -0.4 is 5.32 Å². The van der Waals surface area contributed by atoms with Crippen LogP contribution in [0.4, 0.5) is 10.5 Å². The topological polar surface area (TPSA) is 67.0 Å². The molecule has 1 aromatic carbocycles. The molecule has 2 N–H and O–H groups in total. The van der Waals surface area contributed by atoms with Crippen molar-refractivity contribution >= 4 is 38.7 Å². The number of fused-ring (bicyclic) bond motifs is 1. The van der Waals surface area contributed by atoms with Gasteiger partial charge < -0.3 is 9.72 Å². The van der Waals surface area contributed by atoms with Crippen LogP contribution in [0.5, 0.6) is 0 Å². The zero-order chi connectivity index (χ0) is 13.3. The van der Waals surface area contributed by atoms with Crippen molar-refractivity contribution in [1.82, 2.24) is 9.97 Å². The van der Waals surface area contributed by atoms with E-state index in [0.717, 1.165) is 11.0 Å². The summed E-state index contributed by atoms with van der Waals surface area (Å²) in [5.41, 5.74) is 1.82. The van der Waals surface area contributed by atoms with Crippen molar-refractivity contribution < 1.29 is 9.53 Å². The third-order valence-electron chi connectivity index (χ3n) is 2.10. The Morgan fingerprint density at radius 2 is 2.17 bits per heavy atom. The second kappa shape index (κ2) is 4.61. The number of aromatic amines is 1. The number of nitrogens with one attached hydrogen (secondary N) is 2. The van der Waals surface area contributed by atoms with Crippen molar-refractivity contribution in [3.8, 4) is 0 Å². The van der Waals surface area contributed by atoms with Gasteiger partial charge in [-0.1, -0.05) is 0 Å². The molecule has 2 rings (SSSR count). The van der Waals surface area contributed by atoms with E-state index in [1.54, 1.807) is 12.1 Å². The number of carbonyl (C=O) groups is 1. The molecule has 2 aromatic rings. The van der Waals surface area contributed by atoms with Crippen LogP contribution in [-0.4, -0.2) is 21.7 Å². The number of anilines is 1. The van der Waals surface area contributed by atoms with Gasteiger partial charge in [0.15, 0.2) is 4.73 Å². The Hall–Kier alpha value is -1.56. The van der Waals surface area contributed by atoms with E-state index < -0.39 is 11.7 Å². The van der Waals surface area contributed by atoms with E-state index in [9.17, 15) is 4.79 Å². The number of hydrogen-bond acceptors (Lipinski definition) is 3. The summed E-state index contributed by atoms with van der Waals surface area (Å²) in [7, 11) is 0. The molecule has 0 unspecified atom stereocenters. The molecular weight excluding hydrogens is 298 g/mol. The summed E-state index contributed by atoms with van der Waals surface area (Å²) >= 11 is 3.26. The molecule has 6 heteroatoms. The molecule has 0 saturated carbocycles. The number of amides is 1. The van der Waals surface area contributed by atoms with Gasteiger partial charge in [-0.25, -0.2) is 9.78 Å². The van der Waals surface area contributed by atoms with Gasteiger partial charge in [0, 0.05) is 5.69 Å². The molecule has 0 atom stereocenters. The Morgan fingerprint density at radius 1 is 1.44 bits per heavy atom. The summed E-state index contributed by atoms with van der Waals surface area (Å²) in [4.78, 5) is 18.8. The Balaban J connectivity index is 2.14. The fraction of sp³-hybridized carbons (Fsp3) is 0.333. The van der Waals surface area contributed by atoms with E-state index in [1.807, 2.05) is 26.8 Å². The second-order valence-electron chi connectivity index (χ2n) is 4.89. The standard InChI is InChI=1S/C12H14BrN3O2/c1-12(2,3)18-11(17)14-7-4-5-8-9(6-7)16-10(13)15-8/h4-6H,1-3H3,(H,14,17)(H,15,16). The predicted molar refractivity (Wildman–Crippen MR) is 73.7 cm³/mol. The molecule has 0 aliphatic heterocycles. The normalized spacial score (nSPS) is 11.6. The van der Waals surface area contributed by atoms with E-state index in [4.69, 9.17) is 4.74 Å². The summed E-state index contributed by atoms with van der Waals surface area (Å²) < 4.78 is 5.83. The molecule has 0 radical (unpaired) electrons. The summed E-state index contributed by atoms with van der Waals surface area (Å²) in [6.07, 6.45) is -0.472. The summed E-state index contributed by atoms with van der Waals surface area (Å²) in [5, 5.41) is 2.68. The zero-order valence-corrected chi connectivity index (χ0v) is 12.0. The van der Waals surface area contributed by atoms with Gasteiger partial charge in [0.1, 0.15) is 5.60 Å². The third-order valence-corrected chi connectivity index (χ3v) is 2.47. The smallest absolute Gasteiger partial charge is 0.412 e. The highest BCUT2D eigenvalue weighted by Gasteiger charge is 2.16. The van der Waals surface area contributed by atoms with Crippen molar-refractivity contribution in [1.29, 1.82) is 0 Å². The molecule has 1 aromatic heterocycles. The lowest BCUT2D eigenvalue weighted by Crippen LogP contribution is -2.27. The molecule has 0 spiro atoms. The molecule has 0 fully saturated rings. The first-order valence-electron chi connectivity index (χ1n) is 5.49. The van der Waals surface area contributed by atoms with Crippen LogP contribution in [0.2, 0.25) is 0 Å². The third kappa shape index (κ3) is 3.22. The van der Waals surface area contributed by atoms with Crippen LogP contribution in [0.1, 0.15) is 20.8 Å². The minimum absolute atomic E-state index is 0.472. The highest BCUT2D eigenvalue weighted by molar-refractivity contribution is 9.10. The SMILES string of the molecule is CC(C)(C)OC(=O)Nc1ccc2nc(Br)[nH]c2c1. The zero-order valence-electron chi connectivity index (χ0n) is 10.4. The van der Waals surface area contributed by atoms with E-state index in [2.05, 4.69) is 31.2 Å². The predicted octanol–water partition coefficient (Wildman–Crippen LogP) is 3.67. The minimum Gasteiger partial charge on any atom is -0.444 e. The van der Waals surface area contributed by atoms with Crippen LogP contribution in [0.3, 0.4) is 0 Å². The monoisotopic (exact) mass is 311 g/mol. The van der Waals surface area contributed by atoms with Gasteiger partial charge in [-0.2, -0.15) is 0 Å². The fourth-order valence-electron chi connectivity index (χ4n) is 1.48. The maximum absolute atomic E-state index is 11.6. The van der Waals surface area contributed by atoms with E-state index in [1.165, 1.54) is 0 Å². The molecule has 1 heterocycles. The fourth-order valence-corrected chi connectivity index (χ4v) is 1.88. The van der Waals surface area contributed by atoms with Crippen molar-refractivity contribution in [3.63, 3.8) is 0 Å². The van der Waals surface area contributed by atoms with Gasteiger partial charge >= 0.3 is 6.09 Å². The number of carbonyl (C=O) groups excluding carboxylic acids is 1. The maximum Gasteiger partial charge on any atom is 0.412 e. The summed E-state index contributed by atoms with van der Waals surface area (Å²) in [6, 6.07) is 5.40. The average Bonchev–Trinajstić information content (AvgIpc) is 2.53. The number of hydrogen-bond donors (Lipinski definition) is 2. The summed E-state index contributed by atoms with van der Waals surface area (Å²) in [6.45, 7) is 5.46. The maximum atomic E-state index is 11.6. The van der Waals surface area contributed by atoms with Crippen LogP contribution in [0.15, 0.2) is 22.9 Å². The van der Waals surface area contributed by atoms with Gasteiger partial charge in [0.25, 0.3) is 0 Å². The number of aromatic nitrogens is 2. The quantitative estimate of drug-likeness (QED) is 0.844. The lowest BCUT2D eigenvalue weighted by atomic mass is 10.2. The molecule has 5 nitrogen and oxygen atoms in total. The van der Waals surface area contributed by atoms with Crippen molar-refractivity contribution in [2.24, 2.45) is 0 Å². The van der Waals surface area contributed by atoms with Crippen LogP contribution in [0, 0.1) is 0 Å². The van der Waals surface area contributed by atoms with Crippen LogP contribution in [0.25, 0.3) is 11.0 Å². The Kier molecular flexibility index (Phi) is 3.30. The van der Waals surface area contributed by atoms with Crippen molar-refractivity contribution in [2.75, 3.05) is 5.32 Å². The van der Waals surface area contributed by atoms with Gasteiger partial charge in [-0.3, -0.25) is 5.32 Å². The lowest BCUT2D eigenvalue weighted by Gasteiger charge is -2.19. The average molecular weight is 312 g/mol. The molecule has 0 aliphatic carbocycles. The van der Waals surface area contributed by atoms with E-state index in [0.29, 0.717) is 10.4 Å². The molecule has 1 amide bonds. The largest absolute Gasteiger partial charge is 0.444 e. The van der Waals surface area contributed by atoms with Crippen LogP contribution >= 0.6 is 15.9 Å². The molecule has 0 aliphatic rings. The number of benzene rings is 1. The number of rotatable bonds is 1. The van der Waals surface area contributed by atoms with Gasteiger partial charge in [0.05, 0.1) is 11.0 Å². The number of imidazole rings is 1. The van der Waals surface area contributed by atoms with Gasteiger partial charge in [-0.15, -0.1) is 0 Å². The minimum atomic E-state index is -0.509. The van der Waals surface area contributed by atoms with Crippen molar-refractivity contribution in [3.05, 3.63) is 22.9 Å². The number of ether oxygens (including phenoxy) is 1. The Labute approximate surface area is 113 Å². The lowest BCUT2D eigenvalue weighted by molar-refractivity contribution is 0.0636. The van der Waals surface area contributed by atoms with Crippen molar-refractivity contribution in [2.45, 2.75) is 26.4 Å². The van der Waals surface area contributed by atoms with Gasteiger partial charge in [0.2, 0.25) is 0 Å². The second-order valence-corrected chi connectivity index (χ2v) is 5.64. The Morgan fingerprint density at radius 3 is 2.83 bits per heavy atom. The highest BCUT2D eigenvalue weighted by atomic mass is 79.9. The van der Waals surface area contributed by atoms with E-state index in [-0.39, 0.29) is 0 Å². The molecule has 0 bridgehead atoms. The Bertz CT molecular complexity index is 587. The number of nitrogens with zero attached hydrogens (tertiary/aromatic N) is 1. The first-order chi connectivity index (χ1) is 8.33. The van der Waals surface area contributed by atoms with Gasteiger partial charge in [-0.05, 0) is 54.9 Å². The molecular formula is C12H14BrN3O2. The van der Waals surface area contributed by atoms with Crippen LogP contribution in [-0.2, 0) is 4.74 Å². The summed E-state index contributed by atoms with van der Waals surface area (Å²) in [5.74, 6) is 0. The molecule has 96 valence electrons. The molecule has 0 saturated heterocycles. The first-order valence-corrected chi connectivity index (χ1v) is 6.28. The number of H-pyrrole nitrogens is 1.